The van der Waals surface area contributed by atoms with E-state index in [0.717, 1.165) is 32.3 Å². The Morgan fingerprint density at radius 1 is 1.05 bits per heavy atom. The van der Waals surface area contributed by atoms with Crippen molar-refractivity contribution in [2.24, 2.45) is 0 Å². The van der Waals surface area contributed by atoms with Crippen LogP contribution in [0.1, 0.15) is 0 Å². The van der Waals surface area contributed by atoms with Gasteiger partial charge in [-0.3, -0.25) is 0 Å². The van der Waals surface area contributed by atoms with Crippen LogP contribution in [0.15, 0.2) is 53.0 Å². The highest BCUT2D eigenvalue weighted by atomic mass is 32.2. The van der Waals surface area contributed by atoms with E-state index in [2.05, 4.69) is 35.3 Å². The number of hydrogen-bond donors (Lipinski definition) is 1. The first kappa shape index (κ1) is 13.5. The Balaban J connectivity index is 2.03. The van der Waals surface area contributed by atoms with E-state index in [1.165, 1.54) is 10.8 Å². The summed E-state index contributed by atoms with van der Waals surface area (Å²) in [6, 6.07) is 14.7. The van der Waals surface area contributed by atoms with Gasteiger partial charge >= 0.3 is 0 Å². The number of benzene rings is 2. The van der Waals surface area contributed by atoms with Gasteiger partial charge in [0, 0.05) is 10.9 Å². The minimum atomic E-state index is 0.746. The SMILES string of the molecule is CSc1nc(-c2ccc3ccccc3c2)c2c(N)csc2n1. The van der Waals surface area contributed by atoms with Gasteiger partial charge in [-0.15, -0.1) is 11.3 Å². The van der Waals surface area contributed by atoms with Crippen LogP contribution < -0.4 is 5.73 Å². The summed E-state index contributed by atoms with van der Waals surface area (Å²) in [5, 5.41) is 6.09. The third-order valence-corrected chi connectivity index (χ3v) is 5.09. The van der Waals surface area contributed by atoms with Crippen LogP contribution >= 0.6 is 23.1 Å². The van der Waals surface area contributed by atoms with E-state index >= 15 is 0 Å². The molecule has 0 bridgehead atoms. The smallest absolute Gasteiger partial charge is 0.189 e. The molecular formula is C17H13N3S2. The van der Waals surface area contributed by atoms with E-state index in [9.17, 15) is 0 Å². The fourth-order valence-electron chi connectivity index (χ4n) is 2.58. The topological polar surface area (TPSA) is 51.8 Å². The molecule has 2 heterocycles. The van der Waals surface area contributed by atoms with Crippen molar-refractivity contribution in [1.29, 1.82) is 0 Å². The second kappa shape index (κ2) is 5.26. The lowest BCUT2D eigenvalue weighted by atomic mass is 10.0. The highest BCUT2D eigenvalue weighted by Crippen LogP contribution is 2.36. The van der Waals surface area contributed by atoms with E-state index < -0.39 is 0 Å². The average molecular weight is 323 g/mol. The molecule has 0 saturated carbocycles. The summed E-state index contributed by atoms with van der Waals surface area (Å²) in [6.45, 7) is 0. The monoisotopic (exact) mass is 323 g/mol. The molecule has 4 rings (SSSR count). The molecule has 0 aliphatic heterocycles. The highest BCUT2D eigenvalue weighted by molar-refractivity contribution is 7.98. The first-order chi connectivity index (χ1) is 10.8. The molecule has 0 aliphatic carbocycles. The van der Waals surface area contributed by atoms with Crippen molar-refractivity contribution in [3.63, 3.8) is 0 Å². The Hall–Kier alpha value is -2.11. The van der Waals surface area contributed by atoms with Gasteiger partial charge in [-0.2, -0.15) is 0 Å². The zero-order chi connectivity index (χ0) is 15.1. The lowest BCUT2D eigenvalue weighted by Crippen LogP contribution is -1.93. The largest absolute Gasteiger partial charge is 0.397 e. The molecule has 0 fully saturated rings. The molecule has 22 heavy (non-hydrogen) atoms. The van der Waals surface area contributed by atoms with E-state index in [1.807, 2.05) is 23.8 Å². The van der Waals surface area contributed by atoms with Crippen LogP contribution in [0.25, 0.3) is 32.2 Å². The minimum absolute atomic E-state index is 0.746. The summed E-state index contributed by atoms with van der Waals surface area (Å²) < 4.78 is 0. The predicted octanol–water partition coefficient (Wildman–Crippen LogP) is 4.82. The molecule has 2 aromatic heterocycles. The van der Waals surface area contributed by atoms with Crippen molar-refractivity contribution < 1.29 is 0 Å². The number of nitrogen functional groups attached to an aromatic ring is 1. The average Bonchev–Trinajstić information content (AvgIpc) is 2.95. The minimum Gasteiger partial charge on any atom is -0.397 e. The van der Waals surface area contributed by atoms with Gasteiger partial charge in [0.1, 0.15) is 4.83 Å². The van der Waals surface area contributed by atoms with Crippen molar-refractivity contribution in [2.75, 3.05) is 12.0 Å². The quantitative estimate of drug-likeness (QED) is 0.424. The summed E-state index contributed by atoms with van der Waals surface area (Å²) in [5.74, 6) is 0. The Labute approximate surface area is 136 Å². The summed E-state index contributed by atoms with van der Waals surface area (Å²) >= 11 is 3.12. The van der Waals surface area contributed by atoms with E-state index in [1.54, 1.807) is 23.1 Å². The van der Waals surface area contributed by atoms with Gasteiger partial charge in [0.25, 0.3) is 0 Å². The van der Waals surface area contributed by atoms with Crippen molar-refractivity contribution in [2.45, 2.75) is 5.16 Å². The van der Waals surface area contributed by atoms with E-state index in [0.29, 0.717) is 0 Å². The summed E-state index contributed by atoms with van der Waals surface area (Å²) in [4.78, 5) is 10.2. The number of aromatic nitrogens is 2. The van der Waals surface area contributed by atoms with Gasteiger partial charge in [-0.25, -0.2) is 9.97 Å². The van der Waals surface area contributed by atoms with Crippen molar-refractivity contribution >= 4 is 49.8 Å². The Kier molecular flexibility index (Phi) is 3.24. The van der Waals surface area contributed by atoms with Crippen LogP contribution in [0.4, 0.5) is 5.69 Å². The highest BCUT2D eigenvalue weighted by Gasteiger charge is 2.14. The lowest BCUT2D eigenvalue weighted by Gasteiger charge is -2.07. The number of fused-ring (bicyclic) bond motifs is 2. The van der Waals surface area contributed by atoms with Crippen molar-refractivity contribution in [3.8, 4) is 11.3 Å². The standard InChI is InChI=1S/C17H13N3S2/c1-21-17-19-15(14-13(18)9-22-16(14)20-17)12-7-6-10-4-2-3-5-11(10)8-12/h2-9H,18H2,1H3. The molecule has 0 saturated heterocycles. The Morgan fingerprint density at radius 3 is 2.68 bits per heavy atom. The first-order valence-corrected chi connectivity index (χ1v) is 8.94. The molecule has 3 nitrogen and oxygen atoms in total. The Morgan fingerprint density at radius 2 is 1.86 bits per heavy atom. The van der Waals surface area contributed by atoms with Crippen LogP contribution in [-0.4, -0.2) is 16.2 Å². The maximum absolute atomic E-state index is 6.14. The van der Waals surface area contributed by atoms with Gasteiger partial charge in [-0.05, 0) is 23.1 Å². The molecule has 4 aromatic rings. The fourth-order valence-corrected chi connectivity index (χ4v) is 3.83. The molecule has 0 radical (unpaired) electrons. The number of nitrogens with two attached hydrogens (primary N) is 1. The van der Waals surface area contributed by atoms with Crippen molar-refractivity contribution in [3.05, 3.63) is 47.8 Å². The third kappa shape index (κ3) is 2.14. The molecule has 2 aromatic carbocycles. The summed E-state index contributed by atoms with van der Waals surface area (Å²) in [5.41, 5.74) is 8.88. The normalized spacial score (nSPS) is 11.3. The number of hydrogen-bond acceptors (Lipinski definition) is 5. The van der Waals surface area contributed by atoms with Gasteiger partial charge in [0.2, 0.25) is 0 Å². The van der Waals surface area contributed by atoms with Crippen molar-refractivity contribution in [1.82, 2.24) is 9.97 Å². The zero-order valence-corrected chi connectivity index (χ0v) is 13.5. The maximum Gasteiger partial charge on any atom is 0.189 e. The van der Waals surface area contributed by atoms with Crippen LogP contribution in [0.5, 0.6) is 0 Å². The summed E-state index contributed by atoms with van der Waals surface area (Å²) in [6.07, 6.45) is 1.99. The van der Waals surface area contributed by atoms with Gasteiger partial charge in [0.05, 0.1) is 16.8 Å². The maximum atomic E-state index is 6.14. The molecular weight excluding hydrogens is 310 g/mol. The number of thiophene rings is 1. The van der Waals surface area contributed by atoms with Crippen LogP contribution in [0.2, 0.25) is 0 Å². The Bertz CT molecular complexity index is 992. The van der Waals surface area contributed by atoms with E-state index in [4.69, 9.17) is 10.7 Å². The number of nitrogens with zero attached hydrogens (tertiary/aromatic N) is 2. The molecule has 0 unspecified atom stereocenters. The zero-order valence-electron chi connectivity index (χ0n) is 11.9. The number of anilines is 1. The molecule has 108 valence electrons. The lowest BCUT2D eigenvalue weighted by molar-refractivity contribution is 1.02. The van der Waals surface area contributed by atoms with Crippen LogP contribution in [-0.2, 0) is 0 Å². The fraction of sp³-hybridized carbons (Fsp3) is 0.0588. The molecule has 0 aliphatic rings. The first-order valence-electron chi connectivity index (χ1n) is 6.84. The van der Waals surface area contributed by atoms with Gasteiger partial charge < -0.3 is 5.73 Å². The van der Waals surface area contributed by atoms with E-state index in [-0.39, 0.29) is 0 Å². The molecule has 5 heteroatoms. The molecule has 0 atom stereocenters. The van der Waals surface area contributed by atoms with Crippen LogP contribution in [0, 0.1) is 0 Å². The molecule has 2 N–H and O–H groups in total. The second-order valence-electron chi connectivity index (χ2n) is 4.99. The van der Waals surface area contributed by atoms with Crippen LogP contribution in [0.3, 0.4) is 0 Å². The number of rotatable bonds is 2. The molecule has 0 spiro atoms. The van der Waals surface area contributed by atoms with Gasteiger partial charge in [-0.1, -0.05) is 48.2 Å². The predicted molar refractivity (Wildman–Crippen MR) is 96.6 cm³/mol. The second-order valence-corrected chi connectivity index (χ2v) is 6.62. The molecule has 0 amide bonds. The summed E-state index contributed by atoms with van der Waals surface area (Å²) in [7, 11) is 0. The van der Waals surface area contributed by atoms with Gasteiger partial charge in [0.15, 0.2) is 5.16 Å². The third-order valence-electron chi connectivity index (χ3n) is 3.65. The number of thioether (sulfide) groups is 1.